The first-order valence-corrected chi connectivity index (χ1v) is 7.45. The molecule has 2 nitrogen and oxygen atoms in total. The van der Waals surface area contributed by atoms with Crippen LogP contribution in [0.2, 0.25) is 0 Å². The molecule has 20 heavy (non-hydrogen) atoms. The Bertz CT molecular complexity index is 561. The second-order valence-electron chi connectivity index (χ2n) is 5.39. The Morgan fingerprint density at radius 1 is 1.10 bits per heavy atom. The summed E-state index contributed by atoms with van der Waals surface area (Å²) in [5.41, 5.74) is 1.11. The third-order valence-electron chi connectivity index (χ3n) is 4.21. The minimum atomic E-state index is -0.201. The summed E-state index contributed by atoms with van der Waals surface area (Å²) in [5, 5.41) is 6.04. The average Bonchev–Trinajstić information content (AvgIpc) is 2.48. The summed E-state index contributed by atoms with van der Waals surface area (Å²) < 4.78 is 6.07. The highest BCUT2D eigenvalue weighted by molar-refractivity contribution is 5.86. The third-order valence-corrected chi connectivity index (χ3v) is 4.21. The number of benzene rings is 2. The summed E-state index contributed by atoms with van der Waals surface area (Å²) in [4.78, 5) is 0. The van der Waals surface area contributed by atoms with Gasteiger partial charge in [-0.05, 0) is 43.7 Å². The quantitative estimate of drug-likeness (QED) is 0.845. The SMILES string of the molecule is CCOC(C)(CC)C(NC)c1cccc2ccccc12. The molecule has 0 saturated heterocycles. The average molecular weight is 271 g/mol. The van der Waals surface area contributed by atoms with Crippen LogP contribution in [-0.4, -0.2) is 19.3 Å². The van der Waals surface area contributed by atoms with E-state index in [1.807, 2.05) is 7.05 Å². The molecule has 0 saturated carbocycles. The Hall–Kier alpha value is -1.38. The lowest BCUT2D eigenvalue weighted by Crippen LogP contribution is -2.42. The van der Waals surface area contributed by atoms with Crippen LogP contribution in [0.15, 0.2) is 42.5 Å². The fourth-order valence-electron chi connectivity index (χ4n) is 3.01. The van der Waals surface area contributed by atoms with Crippen molar-refractivity contribution >= 4 is 10.8 Å². The molecular weight excluding hydrogens is 246 g/mol. The van der Waals surface area contributed by atoms with Gasteiger partial charge in [0.15, 0.2) is 0 Å². The van der Waals surface area contributed by atoms with Gasteiger partial charge in [0.05, 0.1) is 11.6 Å². The van der Waals surface area contributed by atoms with Gasteiger partial charge in [-0.3, -0.25) is 0 Å². The first kappa shape index (κ1) is 15.0. The molecule has 0 amide bonds. The zero-order valence-electron chi connectivity index (χ0n) is 12.9. The molecule has 0 aliphatic heterocycles. The molecule has 2 aromatic rings. The molecule has 0 radical (unpaired) electrons. The van der Waals surface area contributed by atoms with Crippen LogP contribution in [0.3, 0.4) is 0 Å². The van der Waals surface area contributed by atoms with Crippen LogP contribution >= 0.6 is 0 Å². The van der Waals surface area contributed by atoms with Gasteiger partial charge in [0.1, 0.15) is 0 Å². The van der Waals surface area contributed by atoms with Crippen LogP contribution in [-0.2, 0) is 4.74 Å². The topological polar surface area (TPSA) is 21.3 Å². The molecule has 1 N–H and O–H groups in total. The van der Waals surface area contributed by atoms with Crippen LogP contribution < -0.4 is 5.32 Å². The van der Waals surface area contributed by atoms with Crippen molar-refractivity contribution in [3.8, 4) is 0 Å². The maximum absolute atomic E-state index is 6.07. The molecule has 108 valence electrons. The molecule has 2 heteroatoms. The molecule has 2 unspecified atom stereocenters. The Balaban J connectivity index is 2.54. The van der Waals surface area contributed by atoms with Gasteiger partial charge in [0.25, 0.3) is 0 Å². The van der Waals surface area contributed by atoms with Crippen LogP contribution in [0, 0.1) is 0 Å². The van der Waals surface area contributed by atoms with E-state index >= 15 is 0 Å². The second kappa shape index (κ2) is 6.38. The summed E-state index contributed by atoms with van der Waals surface area (Å²) in [6.45, 7) is 7.17. The lowest BCUT2D eigenvalue weighted by Gasteiger charge is -2.37. The molecule has 2 atom stereocenters. The lowest BCUT2D eigenvalue weighted by atomic mass is 9.85. The number of nitrogens with one attached hydrogen (secondary N) is 1. The maximum atomic E-state index is 6.07. The minimum absolute atomic E-state index is 0.179. The monoisotopic (exact) mass is 271 g/mol. The van der Waals surface area contributed by atoms with Crippen molar-refractivity contribution in [2.45, 2.75) is 38.8 Å². The number of ether oxygens (including phenoxy) is 1. The molecule has 0 aliphatic rings. The number of fused-ring (bicyclic) bond motifs is 1. The number of hydrogen-bond donors (Lipinski definition) is 1. The first-order valence-electron chi connectivity index (χ1n) is 7.45. The van der Waals surface area contributed by atoms with E-state index in [9.17, 15) is 0 Å². The van der Waals surface area contributed by atoms with Crippen molar-refractivity contribution in [1.29, 1.82) is 0 Å². The van der Waals surface area contributed by atoms with Gasteiger partial charge in [0, 0.05) is 6.61 Å². The molecule has 0 bridgehead atoms. The number of likely N-dealkylation sites (N-methyl/N-ethyl adjacent to an activating group) is 1. The lowest BCUT2D eigenvalue weighted by molar-refractivity contribution is -0.0543. The van der Waals surface area contributed by atoms with Gasteiger partial charge in [0.2, 0.25) is 0 Å². The standard InChI is InChI=1S/C18H25NO/c1-5-18(3,20-6-2)17(19-4)16-13-9-11-14-10-7-8-12-15(14)16/h7-13,17,19H,5-6H2,1-4H3. The zero-order valence-corrected chi connectivity index (χ0v) is 12.9. The van der Waals surface area contributed by atoms with E-state index in [1.54, 1.807) is 0 Å². The minimum Gasteiger partial charge on any atom is -0.374 e. The van der Waals surface area contributed by atoms with Crippen molar-refractivity contribution in [2.75, 3.05) is 13.7 Å². The Kier molecular flexibility index (Phi) is 4.79. The van der Waals surface area contributed by atoms with Crippen molar-refractivity contribution in [3.63, 3.8) is 0 Å². The summed E-state index contributed by atoms with van der Waals surface area (Å²) in [6.07, 6.45) is 0.968. The molecule has 0 aliphatic carbocycles. The highest BCUT2D eigenvalue weighted by Crippen LogP contribution is 2.35. The number of rotatable bonds is 6. The van der Waals surface area contributed by atoms with E-state index in [1.165, 1.54) is 16.3 Å². The molecular formula is C18H25NO. The molecule has 0 fully saturated rings. The van der Waals surface area contributed by atoms with Crippen molar-refractivity contribution in [1.82, 2.24) is 5.32 Å². The van der Waals surface area contributed by atoms with E-state index in [2.05, 4.69) is 68.6 Å². The third kappa shape index (κ3) is 2.72. The van der Waals surface area contributed by atoms with Gasteiger partial charge in [-0.1, -0.05) is 49.4 Å². The largest absolute Gasteiger partial charge is 0.374 e. The fourth-order valence-corrected chi connectivity index (χ4v) is 3.01. The van der Waals surface area contributed by atoms with Crippen molar-refractivity contribution in [3.05, 3.63) is 48.0 Å². The van der Waals surface area contributed by atoms with Crippen molar-refractivity contribution in [2.24, 2.45) is 0 Å². The molecule has 0 aromatic heterocycles. The zero-order chi connectivity index (χ0) is 14.6. The fraction of sp³-hybridized carbons (Fsp3) is 0.444. The van der Waals surface area contributed by atoms with E-state index in [-0.39, 0.29) is 11.6 Å². The number of hydrogen-bond acceptors (Lipinski definition) is 2. The highest BCUT2D eigenvalue weighted by atomic mass is 16.5. The summed E-state index contributed by atoms with van der Waals surface area (Å²) in [7, 11) is 2.01. The Morgan fingerprint density at radius 2 is 1.80 bits per heavy atom. The smallest absolute Gasteiger partial charge is 0.0845 e. The predicted molar refractivity (Wildman–Crippen MR) is 86.1 cm³/mol. The molecule has 2 rings (SSSR count). The van der Waals surface area contributed by atoms with Gasteiger partial charge in [-0.25, -0.2) is 0 Å². The van der Waals surface area contributed by atoms with Gasteiger partial charge in [-0.15, -0.1) is 0 Å². The van der Waals surface area contributed by atoms with E-state index in [0.717, 1.165) is 13.0 Å². The van der Waals surface area contributed by atoms with Crippen LogP contribution in [0.4, 0.5) is 0 Å². The summed E-state index contributed by atoms with van der Waals surface area (Å²) >= 11 is 0. The van der Waals surface area contributed by atoms with E-state index in [4.69, 9.17) is 4.74 Å². The van der Waals surface area contributed by atoms with Gasteiger partial charge in [-0.2, -0.15) is 0 Å². The van der Waals surface area contributed by atoms with Gasteiger partial charge < -0.3 is 10.1 Å². The van der Waals surface area contributed by atoms with Crippen LogP contribution in [0.1, 0.15) is 38.8 Å². The summed E-state index contributed by atoms with van der Waals surface area (Å²) in [5.74, 6) is 0. The van der Waals surface area contributed by atoms with Crippen LogP contribution in [0.5, 0.6) is 0 Å². The molecule has 0 spiro atoms. The van der Waals surface area contributed by atoms with E-state index < -0.39 is 0 Å². The first-order chi connectivity index (χ1) is 9.66. The summed E-state index contributed by atoms with van der Waals surface area (Å²) in [6, 6.07) is 15.2. The molecule has 0 heterocycles. The molecule has 2 aromatic carbocycles. The Morgan fingerprint density at radius 3 is 2.45 bits per heavy atom. The Labute approximate surface area is 122 Å². The van der Waals surface area contributed by atoms with E-state index in [0.29, 0.717) is 0 Å². The highest BCUT2D eigenvalue weighted by Gasteiger charge is 2.34. The van der Waals surface area contributed by atoms with Crippen molar-refractivity contribution < 1.29 is 4.74 Å². The second-order valence-corrected chi connectivity index (χ2v) is 5.39. The maximum Gasteiger partial charge on any atom is 0.0845 e. The predicted octanol–water partition coefficient (Wildman–Crippen LogP) is 4.31. The van der Waals surface area contributed by atoms with Gasteiger partial charge >= 0.3 is 0 Å². The van der Waals surface area contributed by atoms with Crippen LogP contribution in [0.25, 0.3) is 10.8 Å². The normalized spacial score (nSPS) is 16.0.